The first kappa shape index (κ1) is 11.9. The zero-order chi connectivity index (χ0) is 12.5. The SMILES string of the molecule is C=C(/C=C/CC1CC1(C)F)Nc1ccn(C)n1. The van der Waals surface area contributed by atoms with Crippen LogP contribution >= 0.6 is 0 Å². The number of hydrogen-bond donors (Lipinski definition) is 1. The topological polar surface area (TPSA) is 29.9 Å². The molecule has 0 amide bonds. The summed E-state index contributed by atoms with van der Waals surface area (Å²) >= 11 is 0. The summed E-state index contributed by atoms with van der Waals surface area (Å²) in [5.74, 6) is 0.949. The highest BCUT2D eigenvalue weighted by molar-refractivity contribution is 5.42. The zero-order valence-corrected chi connectivity index (χ0v) is 10.3. The van der Waals surface area contributed by atoms with E-state index in [4.69, 9.17) is 0 Å². The van der Waals surface area contributed by atoms with Crippen LogP contribution in [0, 0.1) is 5.92 Å². The van der Waals surface area contributed by atoms with Crippen molar-refractivity contribution in [2.24, 2.45) is 13.0 Å². The van der Waals surface area contributed by atoms with Crippen LogP contribution in [0.2, 0.25) is 0 Å². The molecule has 2 atom stereocenters. The highest BCUT2D eigenvalue weighted by Crippen LogP contribution is 2.49. The van der Waals surface area contributed by atoms with E-state index >= 15 is 0 Å². The number of nitrogens with one attached hydrogen (secondary N) is 1. The second-order valence-electron chi connectivity index (χ2n) is 4.84. The number of nitrogens with zero attached hydrogens (tertiary/aromatic N) is 2. The number of hydrogen-bond acceptors (Lipinski definition) is 2. The molecule has 1 heterocycles. The predicted octanol–water partition coefficient (Wildman–Crippen LogP) is 3.04. The smallest absolute Gasteiger partial charge is 0.152 e. The van der Waals surface area contributed by atoms with E-state index in [1.165, 1.54) is 0 Å². The van der Waals surface area contributed by atoms with Crippen LogP contribution in [0.15, 0.2) is 36.7 Å². The van der Waals surface area contributed by atoms with Gasteiger partial charge in [-0.3, -0.25) is 4.68 Å². The van der Waals surface area contributed by atoms with Crippen LogP contribution in [0.3, 0.4) is 0 Å². The van der Waals surface area contributed by atoms with Crippen molar-refractivity contribution >= 4 is 5.82 Å². The van der Waals surface area contributed by atoms with E-state index in [9.17, 15) is 4.39 Å². The van der Waals surface area contributed by atoms with Gasteiger partial charge in [-0.25, -0.2) is 4.39 Å². The van der Waals surface area contributed by atoms with Gasteiger partial charge in [0.25, 0.3) is 0 Å². The maximum absolute atomic E-state index is 13.3. The van der Waals surface area contributed by atoms with Gasteiger partial charge in [0.15, 0.2) is 5.82 Å². The Kier molecular flexibility index (Phi) is 3.05. The molecule has 0 aliphatic heterocycles. The van der Waals surface area contributed by atoms with Crippen LogP contribution in [0.4, 0.5) is 10.2 Å². The Morgan fingerprint density at radius 1 is 1.82 bits per heavy atom. The largest absolute Gasteiger partial charge is 0.339 e. The Labute approximate surface area is 101 Å². The fourth-order valence-electron chi connectivity index (χ4n) is 1.81. The first-order valence-corrected chi connectivity index (χ1v) is 5.78. The molecule has 1 aromatic rings. The quantitative estimate of drug-likeness (QED) is 0.795. The van der Waals surface area contributed by atoms with E-state index in [1.54, 1.807) is 11.6 Å². The highest BCUT2D eigenvalue weighted by atomic mass is 19.1. The van der Waals surface area contributed by atoms with E-state index in [2.05, 4.69) is 17.0 Å². The van der Waals surface area contributed by atoms with E-state index in [0.29, 0.717) is 6.42 Å². The molecule has 0 aromatic carbocycles. The van der Waals surface area contributed by atoms with Crippen molar-refractivity contribution in [3.05, 3.63) is 36.7 Å². The predicted molar refractivity (Wildman–Crippen MR) is 67.3 cm³/mol. The standard InChI is InChI=1S/C13H18FN3/c1-10(15-12-7-8-17(3)16-12)5-4-6-11-9-13(11,2)14/h4-5,7-8,11H,1,6,9H2,2-3H3,(H,15,16)/b5-4+. The van der Waals surface area contributed by atoms with Crippen molar-refractivity contribution < 1.29 is 4.39 Å². The number of aryl methyl sites for hydroxylation is 1. The van der Waals surface area contributed by atoms with Crippen LogP contribution in [0.5, 0.6) is 0 Å². The average Bonchev–Trinajstić information content (AvgIpc) is 2.64. The van der Waals surface area contributed by atoms with Crippen molar-refractivity contribution in [1.29, 1.82) is 0 Å². The summed E-state index contributed by atoms with van der Waals surface area (Å²) in [5, 5.41) is 7.25. The Morgan fingerprint density at radius 3 is 3.06 bits per heavy atom. The van der Waals surface area contributed by atoms with E-state index < -0.39 is 5.67 Å². The van der Waals surface area contributed by atoms with E-state index in [-0.39, 0.29) is 5.92 Å². The van der Waals surface area contributed by atoms with Crippen molar-refractivity contribution in [2.45, 2.75) is 25.4 Å². The van der Waals surface area contributed by atoms with Crippen molar-refractivity contribution in [2.75, 3.05) is 5.32 Å². The van der Waals surface area contributed by atoms with Gasteiger partial charge >= 0.3 is 0 Å². The molecule has 0 spiro atoms. The van der Waals surface area contributed by atoms with Crippen LogP contribution in [-0.4, -0.2) is 15.4 Å². The summed E-state index contributed by atoms with van der Waals surface area (Å²) in [6.07, 6.45) is 7.16. The van der Waals surface area contributed by atoms with Crippen LogP contribution in [0.1, 0.15) is 19.8 Å². The molecule has 3 nitrogen and oxygen atoms in total. The molecule has 1 fully saturated rings. The monoisotopic (exact) mass is 235 g/mol. The molecule has 2 unspecified atom stereocenters. The fourth-order valence-corrected chi connectivity index (χ4v) is 1.81. The Balaban J connectivity index is 1.76. The summed E-state index contributed by atoms with van der Waals surface area (Å²) in [6, 6.07) is 1.87. The number of allylic oxidation sites excluding steroid dienone is 2. The molecule has 0 bridgehead atoms. The number of anilines is 1. The second kappa shape index (κ2) is 4.35. The van der Waals surface area contributed by atoms with Gasteiger partial charge in [0, 0.05) is 25.0 Å². The normalized spacial score (nSPS) is 27.4. The van der Waals surface area contributed by atoms with E-state index in [0.717, 1.165) is 17.9 Å². The van der Waals surface area contributed by atoms with Gasteiger partial charge in [-0.05, 0) is 31.8 Å². The minimum atomic E-state index is -0.944. The third kappa shape index (κ3) is 3.19. The third-order valence-electron chi connectivity index (χ3n) is 3.08. The Bertz CT molecular complexity index is 445. The van der Waals surface area contributed by atoms with Crippen LogP contribution in [0.25, 0.3) is 0 Å². The van der Waals surface area contributed by atoms with Gasteiger partial charge in [0.2, 0.25) is 0 Å². The number of alkyl halides is 1. The minimum absolute atomic E-state index is 0.182. The molecule has 92 valence electrons. The molecule has 4 heteroatoms. The molecular formula is C13H18FN3. The van der Waals surface area contributed by atoms with E-state index in [1.807, 2.05) is 31.5 Å². The maximum atomic E-state index is 13.3. The summed E-state index contributed by atoms with van der Waals surface area (Å²) in [6.45, 7) is 5.53. The average molecular weight is 235 g/mol. The third-order valence-corrected chi connectivity index (χ3v) is 3.08. The van der Waals surface area contributed by atoms with Gasteiger partial charge in [-0.1, -0.05) is 12.7 Å². The lowest BCUT2D eigenvalue weighted by molar-refractivity contribution is 0.309. The van der Waals surface area contributed by atoms with Gasteiger partial charge in [-0.2, -0.15) is 5.10 Å². The Morgan fingerprint density at radius 2 is 2.53 bits per heavy atom. The number of rotatable bonds is 5. The molecule has 0 radical (unpaired) electrons. The minimum Gasteiger partial charge on any atom is -0.339 e. The molecule has 0 saturated heterocycles. The van der Waals surface area contributed by atoms with Crippen LogP contribution < -0.4 is 5.32 Å². The molecule has 2 rings (SSSR count). The lowest BCUT2D eigenvalue weighted by Crippen LogP contribution is -1.98. The molecule has 1 N–H and O–H groups in total. The van der Waals surface area contributed by atoms with Crippen molar-refractivity contribution in [3.63, 3.8) is 0 Å². The molecule has 17 heavy (non-hydrogen) atoms. The summed E-state index contributed by atoms with van der Waals surface area (Å²) in [5.41, 5.74) is -0.176. The lowest BCUT2D eigenvalue weighted by atomic mass is 10.2. The highest BCUT2D eigenvalue weighted by Gasteiger charge is 2.49. The summed E-state index contributed by atoms with van der Waals surface area (Å²) < 4.78 is 15.0. The number of aromatic nitrogens is 2. The van der Waals surface area contributed by atoms with Crippen molar-refractivity contribution in [3.8, 4) is 0 Å². The molecule has 1 saturated carbocycles. The number of halogens is 1. The van der Waals surface area contributed by atoms with Gasteiger partial charge in [0.1, 0.15) is 5.67 Å². The second-order valence-corrected chi connectivity index (χ2v) is 4.84. The first-order valence-electron chi connectivity index (χ1n) is 5.78. The molecule has 1 aliphatic carbocycles. The van der Waals surface area contributed by atoms with Crippen LogP contribution in [-0.2, 0) is 7.05 Å². The van der Waals surface area contributed by atoms with Crippen molar-refractivity contribution in [1.82, 2.24) is 9.78 Å². The fraction of sp³-hybridized carbons (Fsp3) is 0.462. The zero-order valence-electron chi connectivity index (χ0n) is 10.3. The first-order chi connectivity index (χ1) is 7.97. The molecule has 1 aliphatic rings. The van der Waals surface area contributed by atoms with Gasteiger partial charge in [-0.15, -0.1) is 0 Å². The van der Waals surface area contributed by atoms with Gasteiger partial charge < -0.3 is 5.32 Å². The Hall–Kier alpha value is -1.58. The summed E-state index contributed by atoms with van der Waals surface area (Å²) in [4.78, 5) is 0. The summed E-state index contributed by atoms with van der Waals surface area (Å²) in [7, 11) is 1.86. The maximum Gasteiger partial charge on any atom is 0.152 e. The molecule has 1 aromatic heterocycles. The van der Waals surface area contributed by atoms with Gasteiger partial charge in [0.05, 0.1) is 0 Å². The molecular weight excluding hydrogens is 217 g/mol. The lowest BCUT2D eigenvalue weighted by Gasteiger charge is -2.01.